The maximum atomic E-state index is 12.1. The second kappa shape index (κ2) is 58.8. The molecule has 0 saturated carbocycles. The van der Waals surface area contributed by atoms with Gasteiger partial charge in [0.2, 0.25) is 0 Å². The quantitative estimate of drug-likeness (QED) is 0.0203. The van der Waals surface area contributed by atoms with Crippen LogP contribution in [0.25, 0.3) is 0 Å². The summed E-state index contributed by atoms with van der Waals surface area (Å²) in [7, 11) is 17.9. The lowest BCUT2D eigenvalue weighted by atomic mass is 10.0. The normalized spacial score (nSPS) is 11.7. The average molecular weight is 1730 g/mol. The van der Waals surface area contributed by atoms with Crippen LogP contribution in [0.3, 0.4) is 0 Å². The summed E-state index contributed by atoms with van der Waals surface area (Å²) in [5.74, 6) is 0.711. The lowest BCUT2D eigenvalue weighted by Gasteiger charge is -2.22. The van der Waals surface area contributed by atoms with E-state index in [1.165, 1.54) is 22.3 Å². The van der Waals surface area contributed by atoms with Crippen LogP contribution < -0.4 is 37.9 Å². The first-order valence-corrected chi connectivity index (χ1v) is 41.9. The Hall–Kier alpha value is -12.2. The zero-order valence-electron chi connectivity index (χ0n) is 74.3. The number of para-hydroxylation sites is 4. The number of carboxylic acids is 4. The molecule has 678 valence electrons. The monoisotopic (exact) mass is 1730 g/mol. The van der Waals surface area contributed by atoms with E-state index >= 15 is 0 Å². The average Bonchev–Trinajstić information content (AvgIpc) is 0.878. The molecular weight excluding hydrogens is 1600 g/mol. The van der Waals surface area contributed by atoms with Gasteiger partial charge in [-0.3, -0.25) is 38.4 Å². The fourth-order valence-corrected chi connectivity index (χ4v) is 12.7. The summed E-state index contributed by atoms with van der Waals surface area (Å²) < 4.78 is 66.8. The van der Waals surface area contributed by atoms with E-state index < -0.39 is 72.2 Å². The van der Waals surface area contributed by atoms with Gasteiger partial charge in [0.05, 0.1) is 67.0 Å². The molecular formula is C98H127N3O24. The van der Waals surface area contributed by atoms with E-state index in [0.29, 0.717) is 32.0 Å². The minimum Gasteiger partial charge on any atom is -0.497 e. The highest BCUT2D eigenvalue weighted by atomic mass is 16.6. The molecule has 0 amide bonds. The van der Waals surface area contributed by atoms with Crippen molar-refractivity contribution in [1.82, 2.24) is 14.7 Å². The number of hydrogen-bond acceptors (Lipinski definition) is 23. The van der Waals surface area contributed by atoms with Crippen molar-refractivity contribution in [3.05, 3.63) is 239 Å². The first-order chi connectivity index (χ1) is 60.0. The molecule has 8 aromatic carbocycles. The third-order valence-electron chi connectivity index (χ3n) is 19.0. The molecule has 8 rings (SSSR count). The highest BCUT2D eigenvalue weighted by Crippen LogP contribution is 2.28. The van der Waals surface area contributed by atoms with Crippen LogP contribution in [0.1, 0.15) is 123 Å². The summed E-state index contributed by atoms with van der Waals surface area (Å²) in [4.78, 5) is 96.3. The van der Waals surface area contributed by atoms with Gasteiger partial charge in [-0.15, -0.1) is 0 Å². The maximum Gasteiger partial charge on any atom is 0.306 e. The van der Waals surface area contributed by atoms with Crippen LogP contribution in [0.4, 0.5) is 0 Å². The Morgan fingerprint density at radius 3 is 0.728 bits per heavy atom. The Balaban J connectivity index is 0.000000296. The number of ether oxygens (including phenoxy) is 12. The molecule has 0 aliphatic rings. The number of carbonyl (C=O) groups excluding carboxylic acids is 4. The van der Waals surface area contributed by atoms with E-state index in [-0.39, 0.29) is 84.2 Å². The van der Waals surface area contributed by atoms with Gasteiger partial charge in [0.1, 0.15) is 96.8 Å². The number of nitrogens with zero attached hydrogens (tertiary/aromatic N) is 3. The summed E-state index contributed by atoms with van der Waals surface area (Å²) in [5.41, 5.74) is 9.13. The minimum atomic E-state index is -1.02. The van der Waals surface area contributed by atoms with Gasteiger partial charge < -0.3 is 92.0 Å². The summed E-state index contributed by atoms with van der Waals surface area (Å²) in [6, 6.07) is 63.3. The van der Waals surface area contributed by atoms with Gasteiger partial charge in [0.15, 0.2) is 0 Å². The Morgan fingerprint density at radius 1 is 0.280 bits per heavy atom. The van der Waals surface area contributed by atoms with Crippen LogP contribution in [0.15, 0.2) is 194 Å². The van der Waals surface area contributed by atoms with E-state index in [9.17, 15) is 38.4 Å². The molecule has 0 fully saturated rings. The number of esters is 4. The Morgan fingerprint density at radius 2 is 0.504 bits per heavy atom. The lowest BCUT2D eigenvalue weighted by molar-refractivity contribution is -0.154. The van der Waals surface area contributed by atoms with Crippen LogP contribution in [-0.4, -0.2) is 224 Å². The van der Waals surface area contributed by atoms with Gasteiger partial charge in [-0.2, -0.15) is 0 Å². The molecule has 4 atom stereocenters. The molecule has 0 radical (unpaired) electrons. The number of benzene rings is 8. The van der Waals surface area contributed by atoms with E-state index in [0.717, 1.165) is 120 Å². The molecule has 27 heteroatoms. The molecule has 0 saturated heterocycles. The van der Waals surface area contributed by atoms with Crippen molar-refractivity contribution < 1.29 is 116 Å². The fraction of sp³-hybridized carbons (Fsp3) is 0.429. The predicted octanol–water partition coefficient (Wildman–Crippen LogP) is 14.7. The number of likely N-dealkylation sites (N-methyl/N-ethyl adjacent to an activating group) is 3. The third kappa shape index (κ3) is 45.1. The topological polar surface area (TPSA) is 338 Å². The first-order valence-electron chi connectivity index (χ1n) is 41.9. The van der Waals surface area contributed by atoms with Gasteiger partial charge in [0.25, 0.3) is 0 Å². The molecule has 8 aromatic rings. The van der Waals surface area contributed by atoms with Crippen molar-refractivity contribution in [2.75, 3.05) is 117 Å². The highest BCUT2D eigenvalue weighted by molar-refractivity contribution is 5.78. The van der Waals surface area contributed by atoms with Crippen LogP contribution in [-0.2, 0) is 109 Å². The number of aliphatic carboxylic acids is 4. The van der Waals surface area contributed by atoms with E-state index in [1.54, 1.807) is 28.4 Å². The van der Waals surface area contributed by atoms with Gasteiger partial charge in [-0.25, -0.2) is 0 Å². The number of aryl methyl sites for hydroxylation is 8. The number of hydrogen-bond donors (Lipinski definition) is 4. The van der Waals surface area contributed by atoms with E-state index in [1.807, 2.05) is 241 Å². The summed E-state index contributed by atoms with van der Waals surface area (Å²) in [5, 5.41) is 34.9. The zero-order chi connectivity index (χ0) is 91.3. The molecule has 125 heavy (non-hydrogen) atoms. The molecule has 0 spiro atoms. The Bertz CT molecular complexity index is 4140. The second-order valence-electron chi connectivity index (χ2n) is 30.9. The molecule has 0 bridgehead atoms. The van der Waals surface area contributed by atoms with Crippen molar-refractivity contribution >= 4 is 47.8 Å². The van der Waals surface area contributed by atoms with Crippen LogP contribution in [0, 0.1) is 5.92 Å². The predicted molar refractivity (Wildman–Crippen MR) is 476 cm³/mol. The van der Waals surface area contributed by atoms with Crippen molar-refractivity contribution in [2.45, 2.75) is 154 Å². The minimum absolute atomic E-state index is 0.0501. The zero-order valence-corrected chi connectivity index (χ0v) is 74.3. The van der Waals surface area contributed by atoms with Gasteiger partial charge in [-0.05, 0) is 230 Å². The van der Waals surface area contributed by atoms with Crippen LogP contribution >= 0.6 is 0 Å². The SMILES string of the molecule is COc1ccc(CCc2ccccc2OCC(CN(C)C)OC(=O)CCC(=O)O)cc1.COc1ccc(CCc2ccccc2OCC(CN(C)C)OC(=O)CCCC(=O)O)cc1.COc1ccc(CCc2ccccc2OC[C@@H](CN(C)C)OC(=O)CCC(=O)O)cc1.COc1ccc(CCc2ccccc2OC[C@H](CC(C)C)OC(=O)CCC(=O)O)cc1. The first kappa shape index (κ1) is 103. The third-order valence-corrected chi connectivity index (χ3v) is 19.0. The van der Waals surface area contributed by atoms with Crippen molar-refractivity contribution in [2.24, 2.45) is 5.92 Å². The summed E-state index contributed by atoms with van der Waals surface area (Å²) in [6.07, 6.45) is 4.59. The number of methoxy groups -OCH3 is 4. The largest absolute Gasteiger partial charge is 0.497 e. The molecule has 0 heterocycles. The second-order valence-corrected chi connectivity index (χ2v) is 30.9. The van der Waals surface area contributed by atoms with Crippen LogP contribution in [0.2, 0.25) is 0 Å². The number of carbonyl (C=O) groups is 8. The Labute approximate surface area is 735 Å². The fourth-order valence-electron chi connectivity index (χ4n) is 12.7. The van der Waals surface area contributed by atoms with E-state index in [2.05, 4.69) is 24.3 Å². The van der Waals surface area contributed by atoms with Gasteiger partial charge in [0, 0.05) is 32.5 Å². The van der Waals surface area contributed by atoms with Crippen molar-refractivity contribution in [3.8, 4) is 46.0 Å². The smallest absolute Gasteiger partial charge is 0.306 e. The number of carboxylic acid groups (broad SMARTS) is 4. The van der Waals surface area contributed by atoms with E-state index in [4.69, 9.17) is 77.3 Å². The maximum absolute atomic E-state index is 12.1. The van der Waals surface area contributed by atoms with Gasteiger partial charge >= 0.3 is 47.8 Å². The van der Waals surface area contributed by atoms with Crippen LogP contribution in [0.5, 0.6) is 46.0 Å². The molecule has 27 nitrogen and oxygen atoms in total. The van der Waals surface area contributed by atoms with Crippen molar-refractivity contribution in [1.29, 1.82) is 0 Å². The molecule has 0 aliphatic carbocycles. The summed E-state index contributed by atoms with van der Waals surface area (Å²) in [6.45, 7) is 6.39. The van der Waals surface area contributed by atoms with Gasteiger partial charge in [-0.1, -0.05) is 135 Å². The standard InChI is InChI=1S/C25H33NO6.C25H32O6.2C24H31NO6/c1-26(2)17-22(32-25(29)10-6-9-24(27)28)18-31-23-8-5-4-7-20(23)14-11-19-12-15-21(30-3)16-13-19;1-18(2)16-22(31-25(28)15-14-24(26)27)17-30-23-7-5-4-6-20(23)11-8-19-9-12-21(29-3)13-10-19;2*1-25(2)16-21(31-24(28)15-14-23(26)27)17-30-22-7-5-4-6-19(22)11-8-18-9-12-20(29-3)13-10-18/h4-5,7-8,12-13,15-16,22H,6,9-11,14,17-18H2,1-3H3,(H,27,28);4-7,9-10,12-13,18,22H,8,11,14-17H2,1-3H3,(H,26,27);2*4-7,9-10,12-13,21H,8,11,14-17H2,1-3H3,(H,26,27)/t;22-;21-;/m.01./s1. The van der Waals surface area contributed by atoms with Crippen molar-refractivity contribution in [3.63, 3.8) is 0 Å². The molecule has 0 aromatic heterocycles. The number of rotatable bonds is 53. The summed E-state index contributed by atoms with van der Waals surface area (Å²) >= 11 is 0. The Kier molecular flexibility index (Phi) is 48.6. The molecule has 0 aliphatic heterocycles. The molecule has 4 N–H and O–H groups in total. The lowest BCUT2D eigenvalue weighted by Crippen LogP contribution is -2.35. The molecule has 2 unspecified atom stereocenters. The highest BCUT2D eigenvalue weighted by Gasteiger charge is 2.24.